The number of nitrogens with zero attached hydrogens (tertiary/aromatic N) is 2. The van der Waals surface area contributed by atoms with E-state index < -0.39 is 5.54 Å². The van der Waals surface area contributed by atoms with E-state index in [9.17, 15) is 0 Å². The summed E-state index contributed by atoms with van der Waals surface area (Å²) in [4.78, 5) is 0. The average molecular weight is 183 g/mol. The van der Waals surface area contributed by atoms with Crippen molar-refractivity contribution < 1.29 is 5.11 Å². The summed E-state index contributed by atoms with van der Waals surface area (Å²) < 4.78 is 1.82. The van der Waals surface area contributed by atoms with Gasteiger partial charge in [-0.3, -0.25) is 4.68 Å². The Hall–Kier alpha value is -0.870. The van der Waals surface area contributed by atoms with Crippen LogP contribution in [0.4, 0.5) is 0 Å². The molecule has 3 N–H and O–H groups in total. The summed E-state index contributed by atoms with van der Waals surface area (Å²) in [6.07, 6.45) is 0. The molecule has 4 heteroatoms. The summed E-state index contributed by atoms with van der Waals surface area (Å²) in [6, 6.07) is 1.99. The maximum atomic E-state index is 8.99. The van der Waals surface area contributed by atoms with Crippen molar-refractivity contribution in [2.75, 3.05) is 6.61 Å². The Morgan fingerprint density at radius 2 is 2.23 bits per heavy atom. The van der Waals surface area contributed by atoms with E-state index in [1.165, 1.54) is 0 Å². The average Bonchev–Trinajstić information content (AvgIpc) is 2.30. The molecule has 0 saturated heterocycles. The number of aryl methyl sites for hydroxylation is 2. The molecule has 0 radical (unpaired) electrons. The zero-order chi connectivity index (χ0) is 10.1. The van der Waals surface area contributed by atoms with Crippen LogP contribution in [-0.2, 0) is 6.54 Å². The van der Waals surface area contributed by atoms with Crippen LogP contribution in [0.5, 0.6) is 0 Å². The van der Waals surface area contributed by atoms with Gasteiger partial charge in [-0.2, -0.15) is 5.10 Å². The van der Waals surface area contributed by atoms with Gasteiger partial charge in [0.2, 0.25) is 0 Å². The second kappa shape index (κ2) is 3.47. The Morgan fingerprint density at radius 3 is 2.62 bits per heavy atom. The highest BCUT2D eigenvalue weighted by molar-refractivity contribution is 5.07. The monoisotopic (exact) mass is 183 g/mol. The lowest BCUT2D eigenvalue weighted by atomic mass is 10.1. The van der Waals surface area contributed by atoms with Crippen molar-refractivity contribution in [2.24, 2.45) is 5.73 Å². The van der Waals surface area contributed by atoms with Crippen LogP contribution in [-0.4, -0.2) is 27.0 Å². The lowest BCUT2D eigenvalue weighted by Gasteiger charge is -2.22. The largest absolute Gasteiger partial charge is 0.394 e. The molecule has 4 nitrogen and oxygen atoms in total. The Morgan fingerprint density at radius 1 is 1.62 bits per heavy atom. The van der Waals surface area contributed by atoms with Crippen LogP contribution in [0.1, 0.15) is 18.3 Å². The van der Waals surface area contributed by atoms with Crippen molar-refractivity contribution in [3.63, 3.8) is 0 Å². The lowest BCUT2D eigenvalue weighted by molar-refractivity contribution is 0.187. The van der Waals surface area contributed by atoms with E-state index in [0.717, 1.165) is 11.4 Å². The van der Waals surface area contributed by atoms with Crippen LogP contribution in [0.25, 0.3) is 0 Å². The van der Waals surface area contributed by atoms with Gasteiger partial charge in [-0.25, -0.2) is 0 Å². The Bertz CT molecular complexity index is 291. The zero-order valence-electron chi connectivity index (χ0n) is 8.41. The minimum Gasteiger partial charge on any atom is -0.394 e. The summed E-state index contributed by atoms with van der Waals surface area (Å²) in [6.45, 7) is 6.24. The first-order chi connectivity index (χ1) is 5.94. The number of aliphatic hydroxyl groups excluding tert-OH is 1. The molecule has 1 rings (SSSR count). The molecular formula is C9H17N3O. The van der Waals surface area contributed by atoms with E-state index in [1.807, 2.05) is 31.5 Å². The predicted molar refractivity (Wildman–Crippen MR) is 51.4 cm³/mol. The van der Waals surface area contributed by atoms with Gasteiger partial charge < -0.3 is 10.8 Å². The highest BCUT2D eigenvalue weighted by Crippen LogP contribution is 2.07. The van der Waals surface area contributed by atoms with E-state index in [-0.39, 0.29) is 6.61 Å². The second-order valence-corrected chi connectivity index (χ2v) is 3.90. The molecule has 0 saturated carbocycles. The SMILES string of the molecule is Cc1cc(C)n(CC(C)(N)CO)n1. The summed E-state index contributed by atoms with van der Waals surface area (Å²) in [7, 11) is 0. The van der Waals surface area contributed by atoms with Gasteiger partial charge in [-0.1, -0.05) is 0 Å². The normalized spacial score (nSPS) is 15.8. The van der Waals surface area contributed by atoms with Gasteiger partial charge >= 0.3 is 0 Å². The predicted octanol–water partition coefficient (Wildman–Crippen LogP) is 0.210. The number of nitrogens with two attached hydrogens (primary N) is 1. The van der Waals surface area contributed by atoms with E-state index >= 15 is 0 Å². The van der Waals surface area contributed by atoms with E-state index in [2.05, 4.69) is 5.10 Å². The molecule has 1 unspecified atom stereocenters. The number of aliphatic hydroxyl groups is 1. The van der Waals surface area contributed by atoms with Crippen LogP contribution < -0.4 is 5.73 Å². The molecule has 0 aliphatic rings. The molecule has 0 fully saturated rings. The van der Waals surface area contributed by atoms with Crippen molar-refractivity contribution in [3.8, 4) is 0 Å². The second-order valence-electron chi connectivity index (χ2n) is 3.90. The minimum atomic E-state index is -0.594. The molecule has 1 heterocycles. The van der Waals surface area contributed by atoms with Crippen LogP contribution in [0.2, 0.25) is 0 Å². The molecule has 1 aromatic heterocycles. The van der Waals surface area contributed by atoms with Crippen LogP contribution in [0.3, 0.4) is 0 Å². The lowest BCUT2D eigenvalue weighted by Crippen LogP contribution is -2.44. The maximum Gasteiger partial charge on any atom is 0.0626 e. The third kappa shape index (κ3) is 2.54. The van der Waals surface area contributed by atoms with Crippen molar-refractivity contribution in [2.45, 2.75) is 32.9 Å². The third-order valence-corrected chi connectivity index (χ3v) is 1.98. The van der Waals surface area contributed by atoms with Crippen LogP contribution in [0, 0.1) is 13.8 Å². The number of hydrogen-bond acceptors (Lipinski definition) is 3. The Balaban J connectivity index is 2.79. The zero-order valence-corrected chi connectivity index (χ0v) is 8.41. The highest BCUT2D eigenvalue weighted by atomic mass is 16.3. The van der Waals surface area contributed by atoms with Gasteiger partial charge in [-0.05, 0) is 26.8 Å². The Labute approximate surface area is 78.4 Å². The molecule has 13 heavy (non-hydrogen) atoms. The maximum absolute atomic E-state index is 8.99. The molecule has 1 aromatic rings. The molecule has 0 aromatic carbocycles. The van der Waals surface area contributed by atoms with Crippen molar-refractivity contribution in [3.05, 3.63) is 17.5 Å². The molecule has 0 aliphatic carbocycles. The molecule has 0 amide bonds. The van der Waals surface area contributed by atoms with Crippen molar-refractivity contribution in [1.82, 2.24) is 9.78 Å². The van der Waals surface area contributed by atoms with Crippen LogP contribution in [0.15, 0.2) is 6.07 Å². The van der Waals surface area contributed by atoms with Gasteiger partial charge in [0, 0.05) is 5.69 Å². The highest BCUT2D eigenvalue weighted by Gasteiger charge is 2.19. The van der Waals surface area contributed by atoms with Crippen LogP contribution >= 0.6 is 0 Å². The minimum absolute atomic E-state index is 0.0364. The molecule has 74 valence electrons. The summed E-state index contributed by atoms with van der Waals surface area (Å²) in [5.41, 5.74) is 7.27. The van der Waals surface area contributed by atoms with E-state index in [0.29, 0.717) is 6.54 Å². The fourth-order valence-electron chi connectivity index (χ4n) is 1.23. The molecule has 0 bridgehead atoms. The number of hydrogen-bond donors (Lipinski definition) is 2. The number of rotatable bonds is 3. The smallest absolute Gasteiger partial charge is 0.0626 e. The summed E-state index contributed by atoms with van der Waals surface area (Å²) in [5, 5.41) is 13.3. The first-order valence-corrected chi connectivity index (χ1v) is 4.35. The first kappa shape index (κ1) is 10.2. The van der Waals surface area contributed by atoms with Crippen molar-refractivity contribution >= 4 is 0 Å². The quantitative estimate of drug-likeness (QED) is 0.704. The van der Waals surface area contributed by atoms with E-state index in [1.54, 1.807) is 0 Å². The molecule has 1 atom stereocenters. The molecular weight excluding hydrogens is 166 g/mol. The van der Waals surface area contributed by atoms with Gasteiger partial charge in [0.1, 0.15) is 0 Å². The standard InChI is InChI=1S/C9H17N3O/c1-7-4-8(2)12(11-7)5-9(3,10)6-13/h4,13H,5-6,10H2,1-3H3. The fourth-order valence-corrected chi connectivity index (χ4v) is 1.23. The van der Waals surface area contributed by atoms with E-state index in [4.69, 9.17) is 10.8 Å². The fraction of sp³-hybridized carbons (Fsp3) is 0.667. The third-order valence-electron chi connectivity index (χ3n) is 1.98. The molecule has 0 spiro atoms. The summed E-state index contributed by atoms with van der Waals surface area (Å²) >= 11 is 0. The molecule has 0 aliphatic heterocycles. The Kier molecular flexibility index (Phi) is 2.73. The topological polar surface area (TPSA) is 64.1 Å². The van der Waals surface area contributed by atoms with Gasteiger partial charge in [-0.15, -0.1) is 0 Å². The van der Waals surface area contributed by atoms with Gasteiger partial charge in [0.15, 0.2) is 0 Å². The van der Waals surface area contributed by atoms with Gasteiger partial charge in [0.25, 0.3) is 0 Å². The summed E-state index contributed by atoms with van der Waals surface area (Å²) in [5.74, 6) is 0. The van der Waals surface area contributed by atoms with Gasteiger partial charge in [0.05, 0.1) is 24.4 Å². The van der Waals surface area contributed by atoms with Crippen molar-refractivity contribution in [1.29, 1.82) is 0 Å². The first-order valence-electron chi connectivity index (χ1n) is 4.35. The number of aromatic nitrogens is 2.